The van der Waals surface area contributed by atoms with Gasteiger partial charge in [0.15, 0.2) is 0 Å². The van der Waals surface area contributed by atoms with Crippen molar-refractivity contribution in [1.29, 1.82) is 0 Å². The number of carbonyl (C=O) groups is 2. The number of halogens is 1. The van der Waals surface area contributed by atoms with Crippen molar-refractivity contribution >= 4 is 23.6 Å². The van der Waals surface area contributed by atoms with Crippen LogP contribution >= 0.6 is 11.6 Å². The second-order valence-corrected chi connectivity index (χ2v) is 9.86. The van der Waals surface area contributed by atoms with E-state index < -0.39 is 0 Å². The van der Waals surface area contributed by atoms with Crippen LogP contribution in [0.2, 0.25) is 5.02 Å². The van der Waals surface area contributed by atoms with Crippen LogP contribution in [0.3, 0.4) is 0 Å². The van der Waals surface area contributed by atoms with E-state index in [1.165, 1.54) is 4.90 Å². The minimum atomic E-state index is -0.221. The summed E-state index contributed by atoms with van der Waals surface area (Å²) in [6.45, 7) is 2.45. The molecule has 2 aliphatic rings. The number of nitrogens with zero attached hydrogens (tertiary/aromatic N) is 2. The molecule has 0 unspecified atom stereocenters. The fraction of sp³-hybridized carbons (Fsp3) is 0.462. The van der Waals surface area contributed by atoms with E-state index in [2.05, 4.69) is 0 Å². The highest BCUT2D eigenvalue weighted by molar-refractivity contribution is 6.34. The molecule has 1 saturated carbocycles. The number of likely N-dealkylation sites (tertiary alicyclic amines) is 1. The molecule has 0 N–H and O–H groups in total. The van der Waals surface area contributed by atoms with Gasteiger partial charge in [-0.05, 0) is 60.8 Å². The van der Waals surface area contributed by atoms with E-state index in [9.17, 15) is 9.59 Å². The summed E-state index contributed by atoms with van der Waals surface area (Å²) in [7, 11) is 3.40. The summed E-state index contributed by atoms with van der Waals surface area (Å²) < 4.78 is 11.4. The SMILES string of the molecule is CN(C)C(=O)c1ccc(OCC2CC3(CCN(C(=O)OCc4ccccc4)CC3)C2)cc1Cl. The summed E-state index contributed by atoms with van der Waals surface area (Å²) in [5, 5.41) is 0.405. The lowest BCUT2D eigenvalue weighted by Crippen LogP contribution is -2.49. The topological polar surface area (TPSA) is 59.1 Å². The van der Waals surface area contributed by atoms with E-state index >= 15 is 0 Å². The molecule has 2 fully saturated rings. The predicted octanol–water partition coefficient (Wildman–Crippen LogP) is 5.25. The number of piperidine rings is 1. The van der Waals surface area contributed by atoms with Crippen LogP contribution in [0.25, 0.3) is 0 Å². The molecule has 1 aliphatic carbocycles. The molecule has 0 atom stereocenters. The molecule has 2 aromatic carbocycles. The summed E-state index contributed by atoms with van der Waals surface area (Å²) in [5.74, 6) is 1.07. The summed E-state index contributed by atoms with van der Waals surface area (Å²) in [5.41, 5.74) is 1.80. The molecular weight excluding hydrogens is 440 g/mol. The van der Waals surface area contributed by atoms with Crippen molar-refractivity contribution in [1.82, 2.24) is 9.80 Å². The Labute approximate surface area is 200 Å². The van der Waals surface area contributed by atoms with E-state index in [0.29, 0.717) is 40.9 Å². The Hall–Kier alpha value is -2.73. The van der Waals surface area contributed by atoms with Crippen molar-refractivity contribution in [3.63, 3.8) is 0 Å². The number of amides is 2. The maximum atomic E-state index is 12.4. The molecule has 0 radical (unpaired) electrons. The second kappa shape index (κ2) is 10.0. The lowest BCUT2D eigenvalue weighted by atomic mass is 9.58. The smallest absolute Gasteiger partial charge is 0.410 e. The van der Waals surface area contributed by atoms with Crippen LogP contribution < -0.4 is 4.74 Å². The third-order valence-electron chi connectivity index (χ3n) is 6.79. The summed E-state index contributed by atoms with van der Waals surface area (Å²) in [6.07, 6.45) is 4.03. The maximum Gasteiger partial charge on any atom is 0.410 e. The number of benzene rings is 2. The number of hydrogen-bond donors (Lipinski definition) is 0. The quantitative estimate of drug-likeness (QED) is 0.578. The van der Waals surface area contributed by atoms with Crippen molar-refractivity contribution < 1.29 is 19.1 Å². The summed E-state index contributed by atoms with van der Waals surface area (Å²) >= 11 is 6.27. The molecule has 0 aromatic heterocycles. The minimum Gasteiger partial charge on any atom is -0.493 e. The molecule has 1 spiro atoms. The minimum absolute atomic E-state index is 0.122. The summed E-state index contributed by atoms with van der Waals surface area (Å²) in [4.78, 5) is 27.8. The van der Waals surface area contributed by atoms with Gasteiger partial charge in [0.2, 0.25) is 0 Å². The van der Waals surface area contributed by atoms with Gasteiger partial charge in [0.25, 0.3) is 5.91 Å². The fourth-order valence-electron chi connectivity index (χ4n) is 4.88. The zero-order valence-electron chi connectivity index (χ0n) is 19.3. The van der Waals surface area contributed by atoms with E-state index in [1.54, 1.807) is 32.3 Å². The van der Waals surface area contributed by atoms with Gasteiger partial charge in [-0.1, -0.05) is 41.9 Å². The van der Waals surface area contributed by atoms with Gasteiger partial charge in [-0.2, -0.15) is 0 Å². The Bertz CT molecular complexity index is 979. The van der Waals surface area contributed by atoms with Crippen LogP contribution in [0.5, 0.6) is 5.75 Å². The van der Waals surface area contributed by atoms with E-state index in [0.717, 1.165) is 44.3 Å². The normalized spacial score (nSPS) is 17.4. The van der Waals surface area contributed by atoms with Crippen molar-refractivity contribution in [3.05, 3.63) is 64.7 Å². The van der Waals surface area contributed by atoms with Crippen LogP contribution in [-0.2, 0) is 11.3 Å². The molecule has 2 amide bonds. The highest BCUT2D eigenvalue weighted by Crippen LogP contribution is 2.52. The Balaban J connectivity index is 1.18. The fourth-order valence-corrected chi connectivity index (χ4v) is 5.13. The van der Waals surface area contributed by atoms with Gasteiger partial charge in [-0.25, -0.2) is 4.79 Å². The first-order valence-electron chi connectivity index (χ1n) is 11.4. The average molecular weight is 471 g/mol. The average Bonchev–Trinajstić information content (AvgIpc) is 2.80. The molecule has 1 heterocycles. The molecular formula is C26H31ClN2O4. The molecule has 4 rings (SSSR count). The second-order valence-electron chi connectivity index (χ2n) is 9.45. The van der Waals surface area contributed by atoms with E-state index in [-0.39, 0.29) is 12.0 Å². The predicted molar refractivity (Wildman–Crippen MR) is 128 cm³/mol. The Morgan fingerprint density at radius 3 is 2.42 bits per heavy atom. The van der Waals surface area contributed by atoms with Crippen LogP contribution in [0.15, 0.2) is 48.5 Å². The Kier molecular flexibility index (Phi) is 7.13. The number of hydrogen-bond acceptors (Lipinski definition) is 4. The molecule has 2 aromatic rings. The summed E-state index contributed by atoms with van der Waals surface area (Å²) in [6, 6.07) is 15.0. The van der Waals surface area contributed by atoms with Gasteiger partial charge in [0.1, 0.15) is 12.4 Å². The first-order valence-corrected chi connectivity index (χ1v) is 11.8. The highest BCUT2D eigenvalue weighted by atomic mass is 35.5. The van der Waals surface area contributed by atoms with Gasteiger partial charge < -0.3 is 19.3 Å². The zero-order chi connectivity index (χ0) is 23.4. The van der Waals surface area contributed by atoms with Crippen LogP contribution in [0, 0.1) is 11.3 Å². The zero-order valence-corrected chi connectivity index (χ0v) is 20.0. The van der Waals surface area contributed by atoms with Crippen LogP contribution in [0.4, 0.5) is 4.79 Å². The maximum absolute atomic E-state index is 12.4. The van der Waals surface area contributed by atoms with Crippen molar-refractivity contribution in [2.24, 2.45) is 11.3 Å². The molecule has 0 bridgehead atoms. The monoisotopic (exact) mass is 470 g/mol. The standard InChI is InChI=1S/C26H31ClN2O4/c1-28(2)24(30)22-9-8-21(14-23(22)27)32-18-20-15-26(16-20)10-12-29(13-11-26)25(31)33-17-19-6-4-3-5-7-19/h3-9,14,20H,10-13,15-18H2,1-2H3. The Morgan fingerprint density at radius 2 is 1.79 bits per heavy atom. The van der Waals surface area contributed by atoms with Gasteiger partial charge in [0, 0.05) is 27.2 Å². The molecule has 6 nitrogen and oxygen atoms in total. The number of carbonyl (C=O) groups excluding carboxylic acids is 2. The van der Waals surface area contributed by atoms with Crippen molar-refractivity contribution in [2.45, 2.75) is 32.3 Å². The van der Waals surface area contributed by atoms with Crippen molar-refractivity contribution in [2.75, 3.05) is 33.8 Å². The first-order chi connectivity index (χ1) is 15.8. The molecule has 176 valence electrons. The molecule has 33 heavy (non-hydrogen) atoms. The van der Waals surface area contributed by atoms with Crippen LogP contribution in [0.1, 0.15) is 41.6 Å². The third-order valence-corrected chi connectivity index (χ3v) is 7.11. The van der Waals surface area contributed by atoms with Gasteiger partial charge >= 0.3 is 6.09 Å². The molecule has 7 heteroatoms. The number of ether oxygens (including phenoxy) is 2. The van der Waals surface area contributed by atoms with Gasteiger partial charge in [-0.3, -0.25) is 4.79 Å². The van der Waals surface area contributed by atoms with E-state index in [1.807, 2.05) is 35.2 Å². The van der Waals surface area contributed by atoms with Crippen molar-refractivity contribution in [3.8, 4) is 5.75 Å². The number of rotatable bonds is 6. The Morgan fingerprint density at radius 1 is 1.09 bits per heavy atom. The molecule has 1 saturated heterocycles. The highest BCUT2D eigenvalue weighted by Gasteiger charge is 2.46. The lowest BCUT2D eigenvalue weighted by molar-refractivity contribution is -0.0291. The molecule has 1 aliphatic heterocycles. The van der Waals surface area contributed by atoms with Crippen LogP contribution in [-0.4, -0.2) is 55.6 Å². The van der Waals surface area contributed by atoms with Gasteiger partial charge in [0.05, 0.1) is 17.2 Å². The first kappa shape index (κ1) is 23.4. The largest absolute Gasteiger partial charge is 0.493 e. The lowest BCUT2D eigenvalue weighted by Gasteiger charge is -2.51. The van der Waals surface area contributed by atoms with Gasteiger partial charge in [-0.15, -0.1) is 0 Å². The van der Waals surface area contributed by atoms with E-state index in [4.69, 9.17) is 21.1 Å². The third kappa shape index (κ3) is 5.61.